The normalized spacial score (nSPS) is 12.7. The van der Waals surface area contributed by atoms with Gasteiger partial charge in [-0.05, 0) is 43.2 Å². The van der Waals surface area contributed by atoms with E-state index in [1.807, 2.05) is 37.3 Å². The van der Waals surface area contributed by atoms with Crippen LogP contribution >= 0.6 is 11.8 Å². The number of sulfonamides is 1. The molecule has 0 fully saturated rings. The molecule has 0 aliphatic carbocycles. The minimum absolute atomic E-state index is 0.242. The summed E-state index contributed by atoms with van der Waals surface area (Å²) in [5.41, 5.74) is 1.89. The van der Waals surface area contributed by atoms with Crippen LogP contribution in [0.2, 0.25) is 0 Å². The van der Waals surface area contributed by atoms with Crippen LogP contribution in [0, 0.1) is 6.92 Å². The van der Waals surface area contributed by atoms with Crippen molar-refractivity contribution in [3.05, 3.63) is 84.1 Å². The molecule has 0 aliphatic rings. The molecule has 0 aliphatic heterocycles. The van der Waals surface area contributed by atoms with Gasteiger partial charge in [0.1, 0.15) is 0 Å². The van der Waals surface area contributed by atoms with E-state index in [4.69, 9.17) is 8.83 Å². The maximum absolute atomic E-state index is 12.9. The predicted octanol–water partition coefficient (Wildman–Crippen LogP) is 4.84. The summed E-state index contributed by atoms with van der Waals surface area (Å²) in [5.74, 6) is 1.40. The average Bonchev–Trinajstić information content (AvgIpc) is 3.46. The molecule has 0 saturated carbocycles. The molecule has 4 aromatic rings. The SMILES string of the molecule is Cc1ccc(S(=O)(=O)N[C@@H](CCSc2nnc(-c3ccco3)o2)c2ccccc2)cc1. The summed E-state index contributed by atoms with van der Waals surface area (Å²) in [6.45, 7) is 1.92. The molecular formula is C22H21N3O4S2. The maximum Gasteiger partial charge on any atom is 0.284 e. The van der Waals surface area contributed by atoms with Crippen molar-refractivity contribution < 1.29 is 17.3 Å². The van der Waals surface area contributed by atoms with E-state index in [-0.39, 0.29) is 4.90 Å². The second-order valence-corrected chi connectivity index (χ2v) is 9.65. The minimum Gasteiger partial charge on any atom is -0.459 e. The van der Waals surface area contributed by atoms with E-state index < -0.39 is 16.1 Å². The summed E-state index contributed by atoms with van der Waals surface area (Å²) < 4.78 is 39.5. The van der Waals surface area contributed by atoms with E-state index in [1.54, 1.807) is 36.4 Å². The first-order chi connectivity index (χ1) is 15.0. The fraction of sp³-hybridized carbons (Fsp3) is 0.182. The number of hydrogen-bond acceptors (Lipinski definition) is 7. The molecule has 0 bridgehead atoms. The standard InChI is InChI=1S/C22H21N3O4S2/c1-16-9-11-18(12-10-16)31(26,27)25-19(17-6-3-2-4-7-17)13-15-30-22-24-23-21(29-22)20-8-5-14-28-20/h2-12,14,19,25H,13,15H2,1H3/t19-/m0/s1. The van der Waals surface area contributed by atoms with Crippen molar-refractivity contribution in [2.75, 3.05) is 5.75 Å². The Morgan fingerprint density at radius 2 is 1.77 bits per heavy atom. The number of aryl methyl sites for hydroxylation is 1. The van der Waals surface area contributed by atoms with Gasteiger partial charge in [-0.15, -0.1) is 10.2 Å². The van der Waals surface area contributed by atoms with Gasteiger partial charge in [-0.25, -0.2) is 13.1 Å². The zero-order valence-electron chi connectivity index (χ0n) is 16.8. The molecule has 0 spiro atoms. The zero-order chi connectivity index (χ0) is 21.7. The van der Waals surface area contributed by atoms with Gasteiger partial charge in [-0.3, -0.25) is 0 Å². The lowest BCUT2D eigenvalue weighted by atomic mass is 10.1. The van der Waals surface area contributed by atoms with E-state index in [2.05, 4.69) is 14.9 Å². The first-order valence-electron chi connectivity index (χ1n) is 9.65. The van der Waals surface area contributed by atoms with Crippen LogP contribution < -0.4 is 4.72 Å². The number of hydrogen-bond donors (Lipinski definition) is 1. The molecule has 160 valence electrons. The summed E-state index contributed by atoms with van der Waals surface area (Å²) in [6.07, 6.45) is 2.08. The topological polar surface area (TPSA) is 98.2 Å². The number of nitrogens with zero attached hydrogens (tertiary/aromatic N) is 2. The molecule has 9 heteroatoms. The average molecular weight is 456 g/mol. The number of aromatic nitrogens is 2. The van der Waals surface area contributed by atoms with Crippen LogP contribution in [0.25, 0.3) is 11.7 Å². The lowest BCUT2D eigenvalue weighted by molar-refractivity contribution is 0.447. The molecule has 31 heavy (non-hydrogen) atoms. The lowest BCUT2D eigenvalue weighted by Crippen LogP contribution is -2.29. The number of thioether (sulfide) groups is 1. The van der Waals surface area contributed by atoms with Crippen LogP contribution in [0.4, 0.5) is 0 Å². The Hall–Kier alpha value is -2.88. The Balaban J connectivity index is 1.45. The van der Waals surface area contributed by atoms with E-state index in [0.29, 0.717) is 29.0 Å². The van der Waals surface area contributed by atoms with Crippen molar-refractivity contribution in [2.45, 2.75) is 29.5 Å². The summed E-state index contributed by atoms with van der Waals surface area (Å²) in [5, 5.41) is 8.40. The first kappa shape index (κ1) is 21.4. The number of rotatable bonds is 9. The Morgan fingerprint density at radius 3 is 2.48 bits per heavy atom. The fourth-order valence-corrected chi connectivity index (χ4v) is 5.01. The minimum atomic E-state index is -3.67. The van der Waals surface area contributed by atoms with Crippen LogP contribution in [0.3, 0.4) is 0 Å². The van der Waals surface area contributed by atoms with E-state index in [1.165, 1.54) is 18.0 Å². The highest BCUT2D eigenvalue weighted by atomic mass is 32.2. The quantitative estimate of drug-likeness (QED) is 0.361. The van der Waals surface area contributed by atoms with Gasteiger partial charge >= 0.3 is 0 Å². The third kappa shape index (κ3) is 5.43. The maximum atomic E-state index is 12.9. The molecule has 0 radical (unpaired) electrons. The van der Waals surface area contributed by atoms with Gasteiger partial charge in [0.25, 0.3) is 11.1 Å². The van der Waals surface area contributed by atoms with Crippen molar-refractivity contribution in [3.8, 4) is 11.7 Å². The monoisotopic (exact) mass is 455 g/mol. The molecule has 2 aromatic heterocycles. The largest absolute Gasteiger partial charge is 0.459 e. The van der Waals surface area contributed by atoms with Crippen molar-refractivity contribution >= 4 is 21.8 Å². The molecular weight excluding hydrogens is 434 g/mol. The Kier molecular flexibility index (Phi) is 6.55. The van der Waals surface area contributed by atoms with Crippen molar-refractivity contribution in [2.24, 2.45) is 0 Å². The first-order valence-corrected chi connectivity index (χ1v) is 12.1. The van der Waals surface area contributed by atoms with Gasteiger partial charge < -0.3 is 8.83 Å². The Bertz CT molecular complexity index is 1210. The van der Waals surface area contributed by atoms with Crippen molar-refractivity contribution in [1.29, 1.82) is 0 Å². The molecule has 0 unspecified atom stereocenters. The highest BCUT2D eigenvalue weighted by Crippen LogP contribution is 2.27. The van der Waals surface area contributed by atoms with Crippen LogP contribution in [-0.2, 0) is 10.0 Å². The van der Waals surface area contributed by atoms with E-state index in [9.17, 15) is 8.42 Å². The highest BCUT2D eigenvalue weighted by Gasteiger charge is 2.22. The van der Waals surface area contributed by atoms with Crippen molar-refractivity contribution in [1.82, 2.24) is 14.9 Å². The Morgan fingerprint density at radius 1 is 1.00 bits per heavy atom. The second kappa shape index (κ2) is 9.51. The van der Waals surface area contributed by atoms with Gasteiger partial charge in [-0.1, -0.05) is 59.8 Å². The molecule has 0 amide bonds. The summed E-state index contributed by atoms with van der Waals surface area (Å²) in [6, 6.07) is 19.4. The van der Waals surface area contributed by atoms with E-state index in [0.717, 1.165) is 11.1 Å². The smallest absolute Gasteiger partial charge is 0.284 e. The van der Waals surface area contributed by atoms with Gasteiger partial charge in [0, 0.05) is 11.8 Å². The third-order valence-corrected chi connectivity index (χ3v) is 6.94. The summed E-state index contributed by atoms with van der Waals surface area (Å²) in [7, 11) is -3.67. The van der Waals surface area contributed by atoms with Gasteiger partial charge in [-0.2, -0.15) is 0 Å². The second-order valence-electron chi connectivity index (χ2n) is 6.89. The van der Waals surface area contributed by atoms with Gasteiger partial charge in [0.2, 0.25) is 10.0 Å². The van der Waals surface area contributed by atoms with Crippen LogP contribution in [0.5, 0.6) is 0 Å². The Labute approximate surface area is 184 Å². The molecule has 1 atom stereocenters. The fourth-order valence-electron chi connectivity index (χ4n) is 2.98. The predicted molar refractivity (Wildman–Crippen MR) is 118 cm³/mol. The summed E-state index contributed by atoms with van der Waals surface area (Å²) >= 11 is 1.37. The zero-order valence-corrected chi connectivity index (χ0v) is 18.4. The lowest BCUT2D eigenvalue weighted by Gasteiger charge is -2.19. The third-order valence-electron chi connectivity index (χ3n) is 4.60. The molecule has 2 heterocycles. The number of furan rings is 1. The molecule has 4 rings (SSSR count). The molecule has 0 saturated heterocycles. The molecule has 1 N–H and O–H groups in total. The van der Waals surface area contributed by atoms with Crippen LogP contribution in [-0.4, -0.2) is 24.4 Å². The van der Waals surface area contributed by atoms with Crippen LogP contribution in [0.1, 0.15) is 23.6 Å². The molecule has 7 nitrogen and oxygen atoms in total. The van der Waals surface area contributed by atoms with E-state index >= 15 is 0 Å². The number of nitrogens with one attached hydrogen (secondary N) is 1. The number of benzene rings is 2. The van der Waals surface area contributed by atoms with Gasteiger partial charge in [0.05, 0.1) is 11.2 Å². The molecule has 2 aromatic carbocycles. The van der Waals surface area contributed by atoms with Crippen molar-refractivity contribution in [3.63, 3.8) is 0 Å². The summed E-state index contributed by atoms with van der Waals surface area (Å²) in [4.78, 5) is 0.242. The highest BCUT2D eigenvalue weighted by molar-refractivity contribution is 7.99. The van der Waals surface area contributed by atoms with Crippen LogP contribution in [0.15, 0.2) is 91.9 Å². The van der Waals surface area contributed by atoms with Gasteiger partial charge in [0.15, 0.2) is 5.76 Å².